The van der Waals surface area contributed by atoms with Gasteiger partial charge in [0.05, 0.1) is 6.61 Å². The molecule has 0 bridgehead atoms. The number of nitrogens with one attached hydrogen (secondary N) is 1. The largest absolute Gasteiger partial charge is 0.462 e. The fourth-order valence-corrected chi connectivity index (χ4v) is 2.77. The first kappa shape index (κ1) is 17.8. The van der Waals surface area contributed by atoms with Gasteiger partial charge >= 0.3 is 5.97 Å². The first-order valence-electron chi connectivity index (χ1n) is 8.06. The van der Waals surface area contributed by atoms with Gasteiger partial charge in [-0.15, -0.1) is 0 Å². The van der Waals surface area contributed by atoms with Gasteiger partial charge in [-0.3, -0.25) is 4.79 Å². The summed E-state index contributed by atoms with van der Waals surface area (Å²) < 4.78 is 11.0. The van der Waals surface area contributed by atoms with E-state index >= 15 is 0 Å². The fraction of sp³-hybridized carbons (Fsp3) is 0.368. The Morgan fingerprint density at radius 2 is 1.71 bits per heavy atom. The molecule has 2 aromatic rings. The number of rotatable bonds is 5. The topological polar surface area (TPSA) is 68.4 Å². The standard InChI is InChI=1S/C19H23NO4/c1-6-15-13(5)20-18(21)16(19(22)23-7-2)17(15)24-14-9-11(3)8-12(4)10-14/h8-10H,6-7H2,1-5H3,(H,20,21). The number of aromatic amines is 1. The number of benzene rings is 1. The Balaban J connectivity index is 2.64. The molecule has 0 aliphatic rings. The van der Waals surface area contributed by atoms with E-state index in [1.54, 1.807) is 13.8 Å². The van der Waals surface area contributed by atoms with Crippen LogP contribution in [-0.2, 0) is 11.2 Å². The van der Waals surface area contributed by atoms with Gasteiger partial charge in [0.1, 0.15) is 5.75 Å². The second kappa shape index (κ2) is 7.34. The molecule has 24 heavy (non-hydrogen) atoms. The molecule has 0 unspecified atom stereocenters. The Kier molecular flexibility index (Phi) is 5.44. The molecule has 128 valence electrons. The van der Waals surface area contributed by atoms with Crippen molar-refractivity contribution >= 4 is 5.97 Å². The highest BCUT2D eigenvalue weighted by atomic mass is 16.5. The molecule has 1 heterocycles. The van der Waals surface area contributed by atoms with Crippen molar-refractivity contribution in [3.8, 4) is 11.5 Å². The molecule has 0 amide bonds. The molecule has 0 saturated heterocycles. The Hall–Kier alpha value is -2.56. The summed E-state index contributed by atoms with van der Waals surface area (Å²) in [6.07, 6.45) is 0.620. The Morgan fingerprint density at radius 1 is 1.08 bits per heavy atom. The molecule has 0 spiro atoms. The van der Waals surface area contributed by atoms with E-state index in [9.17, 15) is 9.59 Å². The van der Waals surface area contributed by atoms with E-state index in [4.69, 9.17) is 9.47 Å². The second-order valence-electron chi connectivity index (χ2n) is 5.76. The van der Waals surface area contributed by atoms with Crippen molar-refractivity contribution in [2.75, 3.05) is 6.61 Å². The Bertz CT molecular complexity index is 801. The molecule has 1 aromatic carbocycles. The van der Waals surface area contributed by atoms with Crippen molar-refractivity contribution in [1.29, 1.82) is 0 Å². The average molecular weight is 329 g/mol. The van der Waals surface area contributed by atoms with Crippen LogP contribution >= 0.6 is 0 Å². The van der Waals surface area contributed by atoms with Crippen LogP contribution in [0.3, 0.4) is 0 Å². The maximum absolute atomic E-state index is 12.3. The van der Waals surface area contributed by atoms with Crippen LogP contribution in [0.25, 0.3) is 0 Å². The third-order valence-electron chi connectivity index (χ3n) is 3.73. The molecule has 0 atom stereocenters. The van der Waals surface area contributed by atoms with Crippen LogP contribution in [0.15, 0.2) is 23.0 Å². The number of ether oxygens (including phenoxy) is 2. The van der Waals surface area contributed by atoms with Gasteiger partial charge in [-0.25, -0.2) is 4.79 Å². The zero-order chi connectivity index (χ0) is 17.9. The summed E-state index contributed by atoms with van der Waals surface area (Å²) in [6.45, 7) is 9.57. The minimum atomic E-state index is -0.673. The lowest BCUT2D eigenvalue weighted by atomic mass is 10.1. The molecule has 5 nitrogen and oxygen atoms in total. The second-order valence-corrected chi connectivity index (χ2v) is 5.76. The van der Waals surface area contributed by atoms with Crippen LogP contribution in [0, 0.1) is 20.8 Å². The van der Waals surface area contributed by atoms with Gasteiger partial charge < -0.3 is 14.5 Å². The number of H-pyrrole nitrogens is 1. The molecule has 5 heteroatoms. The minimum absolute atomic E-state index is 0.0848. The molecule has 1 aromatic heterocycles. The quantitative estimate of drug-likeness (QED) is 0.847. The SMILES string of the molecule is CCOC(=O)c1c(Oc2cc(C)cc(C)c2)c(CC)c(C)[nH]c1=O. The van der Waals surface area contributed by atoms with Crippen LogP contribution in [0.1, 0.15) is 46.6 Å². The highest BCUT2D eigenvalue weighted by Crippen LogP contribution is 2.31. The Labute approximate surface area is 141 Å². The molecule has 2 rings (SSSR count). The lowest BCUT2D eigenvalue weighted by molar-refractivity contribution is 0.0521. The van der Waals surface area contributed by atoms with Crippen LogP contribution in [0.2, 0.25) is 0 Å². The van der Waals surface area contributed by atoms with E-state index in [2.05, 4.69) is 4.98 Å². The lowest BCUT2D eigenvalue weighted by Crippen LogP contribution is -2.23. The maximum Gasteiger partial charge on any atom is 0.347 e. The number of esters is 1. The number of hydrogen-bond donors (Lipinski definition) is 1. The molecule has 1 N–H and O–H groups in total. The summed E-state index contributed by atoms with van der Waals surface area (Å²) in [4.78, 5) is 27.3. The third kappa shape index (κ3) is 3.67. The summed E-state index contributed by atoms with van der Waals surface area (Å²) >= 11 is 0. The van der Waals surface area contributed by atoms with Gasteiger partial charge in [-0.2, -0.15) is 0 Å². The average Bonchev–Trinajstić information content (AvgIpc) is 2.46. The first-order valence-corrected chi connectivity index (χ1v) is 8.06. The molecule has 0 aliphatic carbocycles. The monoisotopic (exact) mass is 329 g/mol. The number of aromatic nitrogens is 1. The van der Waals surface area contributed by atoms with Gasteiger partial charge in [-0.1, -0.05) is 13.0 Å². The van der Waals surface area contributed by atoms with Crippen molar-refractivity contribution in [3.63, 3.8) is 0 Å². The van der Waals surface area contributed by atoms with Crippen LogP contribution in [0.4, 0.5) is 0 Å². The molecule has 0 radical (unpaired) electrons. The molecule has 0 fully saturated rings. The molecular formula is C19H23NO4. The number of aryl methyl sites for hydroxylation is 3. The summed E-state index contributed by atoms with van der Waals surface area (Å²) in [5, 5.41) is 0. The summed E-state index contributed by atoms with van der Waals surface area (Å²) in [5.74, 6) is 0.202. The maximum atomic E-state index is 12.3. The molecule has 0 saturated carbocycles. The van der Waals surface area contributed by atoms with E-state index in [1.807, 2.05) is 39.0 Å². The van der Waals surface area contributed by atoms with E-state index in [0.29, 0.717) is 17.9 Å². The normalized spacial score (nSPS) is 10.5. The van der Waals surface area contributed by atoms with Gasteiger partial charge in [0.25, 0.3) is 5.56 Å². The number of pyridine rings is 1. The zero-order valence-electron chi connectivity index (χ0n) is 14.8. The van der Waals surface area contributed by atoms with E-state index in [0.717, 1.165) is 16.7 Å². The van der Waals surface area contributed by atoms with Crippen LogP contribution in [-0.4, -0.2) is 17.6 Å². The van der Waals surface area contributed by atoms with Gasteiger partial charge in [-0.05, 0) is 57.4 Å². The van der Waals surface area contributed by atoms with Crippen molar-refractivity contribution < 1.29 is 14.3 Å². The van der Waals surface area contributed by atoms with Crippen molar-refractivity contribution in [1.82, 2.24) is 4.98 Å². The van der Waals surface area contributed by atoms with Crippen LogP contribution in [0.5, 0.6) is 11.5 Å². The van der Waals surface area contributed by atoms with Gasteiger partial charge in [0.2, 0.25) is 0 Å². The highest BCUT2D eigenvalue weighted by Gasteiger charge is 2.24. The van der Waals surface area contributed by atoms with Crippen LogP contribution < -0.4 is 10.3 Å². The molecule has 0 aliphatic heterocycles. The van der Waals surface area contributed by atoms with Crippen molar-refractivity contribution in [2.45, 2.75) is 41.0 Å². The smallest absolute Gasteiger partial charge is 0.347 e. The van der Waals surface area contributed by atoms with E-state index in [1.165, 1.54) is 0 Å². The molecular weight excluding hydrogens is 306 g/mol. The van der Waals surface area contributed by atoms with Crippen molar-refractivity contribution in [2.24, 2.45) is 0 Å². The fourth-order valence-electron chi connectivity index (χ4n) is 2.77. The van der Waals surface area contributed by atoms with Crippen molar-refractivity contribution in [3.05, 3.63) is 56.5 Å². The third-order valence-corrected chi connectivity index (χ3v) is 3.73. The minimum Gasteiger partial charge on any atom is -0.462 e. The predicted molar refractivity (Wildman–Crippen MR) is 93.1 cm³/mol. The number of carbonyl (C=O) groups is 1. The number of hydrogen-bond acceptors (Lipinski definition) is 4. The highest BCUT2D eigenvalue weighted by molar-refractivity contribution is 5.92. The zero-order valence-corrected chi connectivity index (χ0v) is 14.8. The van der Waals surface area contributed by atoms with Gasteiger partial charge in [0.15, 0.2) is 11.3 Å². The number of carbonyl (C=O) groups excluding carboxylic acids is 1. The van der Waals surface area contributed by atoms with Gasteiger partial charge in [0, 0.05) is 11.3 Å². The Morgan fingerprint density at radius 3 is 2.25 bits per heavy atom. The lowest BCUT2D eigenvalue weighted by Gasteiger charge is -2.16. The predicted octanol–water partition coefficient (Wildman–Crippen LogP) is 3.83. The van der Waals surface area contributed by atoms with E-state index in [-0.39, 0.29) is 17.9 Å². The summed E-state index contributed by atoms with van der Waals surface area (Å²) in [5.41, 5.74) is 2.98. The summed E-state index contributed by atoms with van der Waals surface area (Å²) in [6, 6.07) is 5.78. The first-order chi connectivity index (χ1) is 11.4. The summed E-state index contributed by atoms with van der Waals surface area (Å²) in [7, 11) is 0. The van der Waals surface area contributed by atoms with E-state index < -0.39 is 11.5 Å².